The number of carbonyl (C=O) groups excluding carboxylic acids is 1. The summed E-state index contributed by atoms with van der Waals surface area (Å²) in [4.78, 5) is 23.4. The summed E-state index contributed by atoms with van der Waals surface area (Å²) in [5.74, 6) is -1.91. The van der Waals surface area contributed by atoms with Crippen molar-refractivity contribution in [3.63, 3.8) is 0 Å². The summed E-state index contributed by atoms with van der Waals surface area (Å²) in [6.07, 6.45) is 2.96. The molecule has 1 saturated carbocycles. The number of nitrogens with zero attached hydrogens (tertiary/aromatic N) is 2. The maximum atomic E-state index is 12.2. The van der Waals surface area contributed by atoms with E-state index < -0.39 is 17.8 Å². The highest BCUT2D eigenvalue weighted by Crippen LogP contribution is 2.32. The average Bonchev–Trinajstić information content (AvgIpc) is 2.87. The maximum absolute atomic E-state index is 12.2. The number of rotatable bonds is 4. The van der Waals surface area contributed by atoms with Crippen LogP contribution in [0.15, 0.2) is 0 Å². The van der Waals surface area contributed by atoms with Crippen LogP contribution in [0.25, 0.3) is 0 Å². The zero-order chi connectivity index (χ0) is 14.7. The molecule has 1 fully saturated rings. The van der Waals surface area contributed by atoms with E-state index in [1.165, 1.54) is 11.3 Å². The van der Waals surface area contributed by atoms with Crippen LogP contribution < -0.4 is 5.32 Å². The van der Waals surface area contributed by atoms with Gasteiger partial charge in [0.15, 0.2) is 0 Å². The van der Waals surface area contributed by atoms with Crippen molar-refractivity contribution in [3.8, 4) is 0 Å². The Bertz CT molecular complexity index is 501. The Kier molecular flexibility index (Phi) is 4.69. The van der Waals surface area contributed by atoms with E-state index in [-0.39, 0.29) is 11.8 Å². The van der Waals surface area contributed by atoms with Gasteiger partial charge in [0.1, 0.15) is 5.01 Å². The number of carbonyl (C=O) groups is 2. The van der Waals surface area contributed by atoms with Gasteiger partial charge in [0.2, 0.25) is 11.0 Å². The zero-order valence-electron chi connectivity index (χ0n) is 11.6. The number of aliphatic carboxylic acids is 1. The molecule has 0 radical (unpaired) electrons. The first-order chi connectivity index (χ1) is 9.49. The standard InChI is InChI=1S/C13H19N3O3S/c1-7(2)11-15-16-13(20-11)14-10(17)8-5-3-4-6-9(8)12(18)19/h7-9H,3-6H2,1-2H3,(H,18,19)(H,14,16,17). The molecule has 2 unspecified atom stereocenters. The van der Waals surface area contributed by atoms with Gasteiger partial charge in [-0.2, -0.15) is 0 Å². The first-order valence-corrected chi connectivity index (χ1v) is 7.67. The Morgan fingerprint density at radius 2 is 1.90 bits per heavy atom. The number of amides is 1. The van der Waals surface area contributed by atoms with Crippen LogP contribution in [0, 0.1) is 11.8 Å². The van der Waals surface area contributed by atoms with Gasteiger partial charge < -0.3 is 10.4 Å². The van der Waals surface area contributed by atoms with Crippen molar-refractivity contribution in [2.24, 2.45) is 11.8 Å². The summed E-state index contributed by atoms with van der Waals surface area (Å²) in [7, 11) is 0. The molecule has 2 rings (SSSR count). The van der Waals surface area contributed by atoms with Crippen molar-refractivity contribution < 1.29 is 14.7 Å². The molecule has 1 aromatic heterocycles. The van der Waals surface area contributed by atoms with Gasteiger partial charge in [-0.1, -0.05) is 38.0 Å². The molecule has 6 nitrogen and oxygen atoms in total. The molecule has 1 aliphatic rings. The van der Waals surface area contributed by atoms with Crippen LogP contribution >= 0.6 is 11.3 Å². The van der Waals surface area contributed by atoms with Gasteiger partial charge in [0, 0.05) is 5.92 Å². The van der Waals surface area contributed by atoms with E-state index in [1.807, 2.05) is 13.8 Å². The summed E-state index contributed by atoms with van der Waals surface area (Å²) in [6.45, 7) is 4.02. The fraction of sp³-hybridized carbons (Fsp3) is 0.692. The molecule has 0 bridgehead atoms. The second-order valence-electron chi connectivity index (χ2n) is 5.43. The monoisotopic (exact) mass is 297 g/mol. The van der Waals surface area contributed by atoms with Crippen LogP contribution in [-0.2, 0) is 9.59 Å². The molecule has 0 aromatic carbocycles. The third kappa shape index (κ3) is 3.33. The normalized spacial score (nSPS) is 22.8. The molecule has 2 atom stereocenters. The fourth-order valence-electron chi connectivity index (χ4n) is 2.46. The number of aromatic nitrogens is 2. The lowest BCUT2D eigenvalue weighted by molar-refractivity contribution is -0.147. The lowest BCUT2D eigenvalue weighted by Crippen LogP contribution is -2.36. The molecule has 0 aliphatic heterocycles. The molecule has 110 valence electrons. The van der Waals surface area contributed by atoms with Crippen LogP contribution in [0.2, 0.25) is 0 Å². The molecule has 0 spiro atoms. The highest BCUT2D eigenvalue weighted by atomic mass is 32.1. The molecule has 1 aliphatic carbocycles. The molecule has 20 heavy (non-hydrogen) atoms. The van der Waals surface area contributed by atoms with Crippen molar-refractivity contribution in [1.29, 1.82) is 0 Å². The maximum Gasteiger partial charge on any atom is 0.307 e. The van der Waals surface area contributed by atoms with Gasteiger partial charge in [-0.05, 0) is 12.8 Å². The summed E-state index contributed by atoms with van der Waals surface area (Å²) in [5, 5.41) is 21.2. The smallest absolute Gasteiger partial charge is 0.307 e. The van der Waals surface area contributed by atoms with Gasteiger partial charge in [0.05, 0.1) is 11.8 Å². The van der Waals surface area contributed by atoms with Crippen LogP contribution in [0.1, 0.15) is 50.5 Å². The van der Waals surface area contributed by atoms with Crippen molar-refractivity contribution in [2.45, 2.75) is 45.4 Å². The Hall–Kier alpha value is -1.50. The molecule has 7 heteroatoms. The number of nitrogens with one attached hydrogen (secondary N) is 1. The van der Waals surface area contributed by atoms with Gasteiger partial charge in [-0.3, -0.25) is 9.59 Å². The molecule has 0 saturated heterocycles. The minimum Gasteiger partial charge on any atom is -0.481 e. The van der Waals surface area contributed by atoms with Crippen LogP contribution in [0.5, 0.6) is 0 Å². The van der Waals surface area contributed by atoms with Crippen molar-refractivity contribution >= 4 is 28.3 Å². The number of hydrogen-bond donors (Lipinski definition) is 2. The van der Waals surface area contributed by atoms with E-state index in [0.29, 0.717) is 18.0 Å². The second kappa shape index (κ2) is 6.30. The molecule has 1 heterocycles. The number of hydrogen-bond acceptors (Lipinski definition) is 5. The summed E-state index contributed by atoms with van der Waals surface area (Å²) < 4.78 is 0. The Morgan fingerprint density at radius 3 is 2.45 bits per heavy atom. The lowest BCUT2D eigenvalue weighted by atomic mass is 9.79. The number of carboxylic acid groups (broad SMARTS) is 1. The zero-order valence-corrected chi connectivity index (χ0v) is 12.4. The SMILES string of the molecule is CC(C)c1nnc(NC(=O)C2CCCCC2C(=O)O)s1. The highest BCUT2D eigenvalue weighted by Gasteiger charge is 2.36. The second-order valence-corrected chi connectivity index (χ2v) is 6.43. The topological polar surface area (TPSA) is 92.2 Å². The predicted octanol–water partition coefficient (Wildman–Crippen LogP) is 2.49. The minimum absolute atomic E-state index is 0.247. The van der Waals surface area contributed by atoms with E-state index in [1.54, 1.807) is 0 Å². The van der Waals surface area contributed by atoms with Crippen LogP contribution in [-0.4, -0.2) is 27.2 Å². The highest BCUT2D eigenvalue weighted by molar-refractivity contribution is 7.15. The Balaban J connectivity index is 2.04. The van der Waals surface area contributed by atoms with E-state index >= 15 is 0 Å². The lowest BCUT2D eigenvalue weighted by Gasteiger charge is -2.26. The molecular formula is C13H19N3O3S. The Morgan fingerprint density at radius 1 is 1.25 bits per heavy atom. The van der Waals surface area contributed by atoms with Crippen LogP contribution in [0.4, 0.5) is 5.13 Å². The van der Waals surface area contributed by atoms with E-state index in [2.05, 4.69) is 15.5 Å². The minimum atomic E-state index is -0.884. The van der Waals surface area contributed by atoms with E-state index in [0.717, 1.165) is 17.8 Å². The molecular weight excluding hydrogens is 278 g/mol. The van der Waals surface area contributed by atoms with Crippen LogP contribution in [0.3, 0.4) is 0 Å². The molecule has 1 aromatic rings. The van der Waals surface area contributed by atoms with Crippen molar-refractivity contribution in [3.05, 3.63) is 5.01 Å². The largest absolute Gasteiger partial charge is 0.481 e. The number of anilines is 1. The van der Waals surface area contributed by atoms with E-state index in [4.69, 9.17) is 0 Å². The Labute approximate surface area is 121 Å². The van der Waals surface area contributed by atoms with Gasteiger partial charge in [0.25, 0.3) is 0 Å². The summed E-state index contributed by atoms with van der Waals surface area (Å²) in [6, 6.07) is 0. The average molecular weight is 297 g/mol. The van der Waals surface area contributed by atoms with Gasteiger partial charge in [-0.15, -0.1) is 10.2 Å². The van der Waals surface area contributed by atoms with E-state index in [9.17, 15) is 14.7 Å². The van der Waals surface area contributed by atoms with Gasteiger partial charge in [-0.25, -0.2) is 0 Å². The predicted molar refractivity (Wildman–Crippen MR) is 75.7 cm³/mol. The summed E-state index contributed by atoms with van der Waals surface area (Å²) in [5.41, 5.74) is 0. The first-order valence-electron chi connectivity index (χ1n) is 6.86. The molecule has 1 amide bonds. The van der Waals surface area contributed by atoms with Crippen molar-refractivity contribution in [2.75, 3.05) is 5.32 Å². The molecule has 2 N–H and O–H groups in total. The van der Waals surface area contributed by atoms with Crippen molar-refractivity contribution in [1.82, 2.24) is 10.2 Å². The fourth-order valence-corrected chi connectivity index (χ4v) is 3.21. The van der Waals surface area contributed by atoms with Gasteiger partial charge >= 0.3 is 5.97 Å². The summed E-state index contributed by atoms with van der Waals surface area (Å²) >= 11 is 1.34. The quantitative estimate of drug-likeness (QED) is 0.890. The number of carboxylic acids is 1. The third-order valence-corrected chi connectivity index (χ3v) is 4.72. The first kappa shape index (κ1) is 14.9. The third-order valence-electron chi connectivity index (χ3n) is 3.58.